The highest BCUT2D eigenvalue weighted by atomic mass is 16.5. The van der Waals surface area contributed by atoms with Crippen LogP contribution in [0.4, 0.5) is 11.4 Å². The second kappa shape index (κ2) is 8.13. The van der Waals surface area contributed by atoms with Gasteiger partial charge in [0, 0.05) is 35.6 Å². The number of benzene rings is 2. The van der Waals surface area contributed by atoms with Crippen LogP contribution in [0.25, 0.3) is 0 Å². The molecule has 5 nitrogen and oxygen atoms in total. The molecule has 1 fully saturated rings. The molecule has 1 heterocycles. The molecule has 0 saturated carbocycles. The molecular weight excluding hydrogens is 328 g/mol. The molecule has 0 aromatic heterocycles. The first kappa shape index (κ1) is 18.1. The summed E-state index contributed by atoms with van der Waals surface area (Å²) >= 11 is 0. The van der Waals surface area contributed by atoms with Crippen molar-refractivity contribution >= 4 is 17.3 Å². The fourth-order valence-corrected chi connectivity index (χ4v) is 3.36. The number of hydrogen-bond acceptors (Lipinski definition) is 4. The molecule has 138 valence electrons. The lowest BCUT2D eigenvalue weighted by Gasteiger charge is -2.35. The third-order valence-electron chi connectivity index (χ3n) is 4.87. The van der Waals surface area contributed by atoms with Gasteiger partial charge in [0.25, 0.3) is 5.91 Å². The summed E-state index contributed by atoms with van der Waals surface area (Å²) in [5.74, 6) is 0.981. The minimum atomic E-state index is -0.193. The number of methoxy groups -OCH3 is 2. The van der Waals surface area contributed by atoms with Crippen molar-refractivity contribution < 1.29 is 14.3 Å². The van der Waals surface area contributed by atoms with Crippen LogP contribution >= 0.6 is 0 Å². The quantitative estimate of drug-likeness (QED) is 0.868. The number of hydrogen-bond donors (Lipinski definition) is 1. The molecule has 0 unspecified atom stereocenters. The monoisotopic (exact) mass is 354 g/mol. The number of piperidine rings is 1. The van der Waals surface area contributed by atoms with Gasteiger partial charge in [-0.05, 0) is 62.6 Å². The Bertz CT molecular complexity index is 736. The summed E-state index contributed by atoms with van der Waals surface area (Å²) in [4.78, 5) is 15.0. The molecule has 0 spiro atoms. The number of amides is 1. The van der Waals surface area contributed by atoms with E-state index in [4.69, 9.17) is 9.47 Å². The Kier molecular flexibility index (Phi) is 5.66. The zero-order chi connectivity index (χ0) is 18.5. The molecule has 1 aliphatic rings. The van der Waals surface area contributed by atoms with E-state index in [2.05, 4.69) is 29.3 Å². The molecule has 0 bridgehead atoms. The molecule has 5 heteroatoms. The van der Waals surface area contributed by atoms with Crippen LogP contribution in [0.3, 0.4) is 0 Å². The highest BCUT2D eigenvalue weighted by Crippen LogP contribution is 2.27. The first-order valence-electron chi connectivity index (χ1n) is 9.02. The Morgan fingerprint density at radius 1 is 1.04 bits per heavy atom. The first-order chi connectivity index (χ1) is 12.6. The van der Waals surface area contributed by atoms with E-state index in [1.807, 2.05) is 12.1 Å². The number of nitrogens with one attached hydrogen (secondary N) is 1. The summed E-state index contributed by atoms with van der Waals surface area (Å²) < 4.78 is 10.5. The summed E-state index contributed by atoms with van der Waals surface area (Å²) in [6.45, 7) is 3.36. The van der Waals surface area contributed by atoms with Gasteiger partial charge in [-0.15, -0.1) is 0 Å². The molecule has 0 aliphatic carbocycles. The summed E-state index contributed by atoms with van der Waals surface area (Å²) in [6, 6.07) is 13.7. The summed E-state index contributed by atoms with van der Waals surface area (Å²) in [5, 5.41) is 2.93. The van der Waals surface area contributed by atoms with Crippen LogP contribution in [0.15, 0.2) is 42.5 Å². The lowest BCUT2D eigenvalue weighted by Crippen LogP contribution is -2.37. The van der Waals surface area contributed by atoms with Crippen LogP contribution < -0.4 is 19.7 Å². The Morgan fingerprint density at radius 3 is 2.27 bits per heavy atom. The molecule has 1 aliphatic heterocycles. The zero-order valence-electron chi connectivity index (χ0n) is 15.6. The maximum Gasteiger partial charge on any atom is 0.255 e. The van der Waals surface area contributed by atoms with Gasteiger partial charge in [-0.3, -0.25) is 4.79 Å². The van der Waals surface area contributed by atoms with Gasteiger partial charge in [-0.2, -0.15) is 0 Å². The standard InChI is InChI=1S/C21H26N2O3/c1-15-6-4-5-11-23(15)18-9-7-17(8-10-18)22-21(24)16-12-19(25-2)14-20(13-16)26-3/h7-10,12-15H,4-6,11H2,1-3H3,(H,22,24)/t15-/m1/s1. The summed E-state index contributed by atoms with van der Waals surface area (Å²) in [6.07, 6.45) is 3.77. The van der Waals surface area contributed by atoms with E-state index < -0.39 is 0 Å². The predicted molar refractivity (Wildman–Crippen MR) is 105 cm³/mol. The molecule has 26 heavy (non-hydrogen) atoms. The lowest BCUT2D eigenvalue weighted by molar-refractivity contribution is 0.102. The minimum Gasteiger partial charge on any atom is -0.497 e. The van der Waals surface area contributed by atoms with Crippen molar-refractivity contribution in [2.45, 2.75) is 32.2 Å². The van der Waals surface area contributed by atoms with E-state index in [1.54, 1.807) is 32.4 Å². The number of ether oxygens (including phenoxy) is 2. The second-order valence-corrected chi connectivity index (χ2v) is 6.64. The maximum atomic E-state index is 12.6. The van der Waals surface area contributed by atoms with Crippen molar-refractivity contribution in [1.29, 1.82) is 0 Å². The van der Waals surface area contributed by atoms with E-state index in [9.17, 15) is 4.79 Å². The number of nitrogens with zero attached hydrogens (tertiary/aromatic N) is 1. The molecule has 1 saturated heterocycles. The Morgan fingerprint density at radius 2 is 1.69 bits per heavy atom. The Labute approximate surface area is 154 Å². The van der Waals surface area contributed by atoms with E-state index >= 15 is 0 Å². The van der Waals surface area contributed by atoms with Crippen molar-refractivity contribution in [2.24, 2.45) is 0 Å². The molecule has 1 N–H and O–H groups in total. The van der Waals surface area contributed by atoms with Crippen LogP contribution in [0.1, 0.15) is 36.5 Å². The van der Waals surface area contributed by atoms with E-state index in [1.165, 1.54) is 24.9 Å². The van der Waals surface area contributed by atoms with Crippen LogP contribution in [0.2, 0.25) is 0 Å². The SMILES string of the molecule is COc1cc(OC)cc(C(=O)Nc2ccc(N3CCCC[C@H]3C)cc2)c1. The highest BCUT2D eigenvalue weighted by Gasteiger charge is 2.18. The smallest absolute Gasteiger partial charge is 0.255 e. The average Bonchev–Trinajstić information content (AvgIpc) is 2.68. The highest BCUT2D eigenvalue weighted by molar-refractivity contribution is 6.04. The van der Waals surface area contributed by atoms with Gasteiger partial charge in [0.1, 0.15) is 11.5 Å². The fourth-order valence-electron chi connectivity index (χ4n) is 3.36. The molecular formula is C21H26N2O3. The topological polar surface area (TPSA) is 50.8 Å². The van der Waals surface area contributed by atoms with Gasteiger partial charge >= 0.3 is 0 Å². The zero-order valence-corrected chi connectivity index (χ0v) is 15.6. The Hall–Kier alpha value is -2.69. The molecule has 2 aromatic rings. The number of carbonyl (C=O) groups is 1. The van der Waals surface area contributed by atoms with Crippen molar-refractivity contribution in [3.8, 4) is 11.5 Å². The van der Waals surface area contributed by atoms with Crippen molar-refractivity contribution in [3.63, 3.8) is 0 Å². The first-order valence-corrected chi connectivity index (χ1v) is 9.02. The fraction of sp³-hybridized carbons (Fsp3) is 0.381. The molecule has 0 radical (unpaired) electrons. The van der Waals surface area contributed by atoms with Gasteiger partial charge in [-0.1, -0.05) is 0 Å². The molecule has 1 atom stereocenters. The average molecular weight is 354 g/mol. The molecule has 3 rings (SSSR count). The number of anilines is 2. The number of carbonyl (C=O) groups excluding carboxylic acids is 1. The van der Waals surface area contributed by atoms with Crippen molar-refractivity contribution in [3.05, 3.63) is 48.0 Å². The van der Waals surface area contributed by atoms with Crippen LogP contribution in [-0.4, -0.2) is 32.7 Å². The van der Waals surface area contributed by atoms with Crippen LogP contribution in [0.5, 0.6) is 11.5 Å². The van der Waals surface area contributed by atoms with Gasteiger partial charge in [0.05, 0.1) is 14.2 Å². The van der Waals surface area contributed by atoms with Crippen molar-refractivity contribution in [1.82, 2.24) is 0 Å². The minimum absolute atomic E-state index is 0.193. The van der Waals surface area contributed by atoms with E-state index in [0.717, 1.165) is 12.2 Å². The summed E-state index contributed by atoms with van der Waals surface area (Å²) in [5.41, 5.74) is 2.47. The van der Waals surface area contributed by atoms with Crippen molar-refractivity contribution in [2.75, 3.05) is 31.0 Å². The summed E-state index contributed by atoms with van der Waals surface area (Å²) in [7, 11) is 3.13. The normalized spacial score (nSPS) is 16.9. The molecule has 2 aromatic carbocycles. The third-order valence-corrected chi connectivity index (χ3v) is 4.87. The van der Waals surface area contributed by atoms with Gasteiger partial charge in [0.2, 0.25) is 0 Å². The maximum absolute atomic E-state index is 12.6. The molecule has 1 amide bonds. The largest absolute Gasteiger partial charge is 0.497 e. The van der Waals surface area contributed by atoms with Gasteiger partial charge in [0.15, 0.2) is 0 Å². The third kappa shape index (κ3) is 4.10. The van der Waals surface area contributed by atoms with Crippen LogP contribution in [-0.2, 0) is 0 Å². The predicted octanol–water partition coefficient (Wildman–Crippen LogP) is 4.33. The van der Waals surface area contributed by atoms with E-state index in [-0.39, 0.29) is 5.91 Å². The second-order valence-electron chi connectivity index (χ2n) is 6.64. The van der Waals surface area contributed by atoms with Gasteiger partial charge < -0.3 is 19.7 Å². The van der Waals surface area contributed by atoms with Crippen LogP contribution in [0, 0.1) is 0 Å². The Balaban J connectivity index is 1.72. The van der Waals surface area contributed by atoms with E-state index in [0.29, 0.717) is 23.1 Å². The van der Waals surface area contributed by atoms with Gasteiger partial charge in [-0.25, -0.2) is 0 Å². The lowest BCUT2D eigenvalue weighted by atomic mass is 10.0. The number of rotatable bonds is 5.